The fourth-order valence-electron chi connectivity index (χ4n) is 2.04. The molecule has 0 saturated heterocycles. The van der Waals surface area contributed by atoms with Gasteiger partial charge in [0.1, 0.15) is 0 Å². The van der Waals surface area contributed by atoms with Crippen molar-refractivity contribution in [3.8, 4) is 11.3 Å². The van der Waals surface area contributed by atoms with Crippen LogP contribution in [0.5, 0.6) is 0 Å². The topological polar surface area (TPSA) is 102 Å². The molecule has 0 aliphatic rings. The summed E-state index contributed by atoms with van der Waals surface area (Å²) in [6.07, 6.45) is 0. The minimum atomic E-state index is -0.442. The van der Waals surface area contributed by atoms with Crippen molar-refractivity contribution >= 4 is 17.4 Å². The van der Waals surface area contributed by atoms with Crippen molar-refractivity contribution in [3.05, 3.63) is 80.6 Å². The van der Waals surface area contributed by atoms with Gasteiger partial charge in [-0.05, 0) is 5.56 Å². The molecule has 3 rings (SSSR count). The fourth-order valence-corrected chi connectivity index (χ4v) is 2.80. The van der Waals surface area contributed by atoms with Crippen LogP contribution in [0.4, 0.5) is 5.69 Å². The molecule has 2 aromatic carbocycles. The van der Waals surface area contributed by atoms with Crippen molar-refractivity contribution in [1.82, 2.24) is 15.2 Å². The summed E-state index contributed by atoms with van der Waals surface area (Å²) in [4.78, 5) is 25.0. The van der Waals surface area contributed by atoms with Crippen LogP contribution in [0.2, 0.25) is 0 Å². The molecule has 8 heteroatoms. The number of nitro benzene ring substituents is 1. The van der Waals surface area contributed by atoms with E-state index in [0.717, 1.165) is 5.56 Å². The lowest BCUT2D eigenvalue weighted by atomic mass is 10.2. The van der Waals surface area contributed by atoms with Gasteiger partial charge in [0.15, 0.2) is 10.9 Å². The summed E-state index contributed by atoms with van der Waals surface area (Å²) in [5.41, 5.74) is 1.61. The van der Waals surface area contributed by atoms with Gasteiger partial charge in [0, 0.05) is 23.4 Å². The molecular formula is C16H12N4O3S. The Labute approximate surface area is 140 Å². The minimum Gasteiger partial charge on any atom is -0.298 e. The van der Waals surface area contributed by atoms with Crippen LogP contribution in [0.15, 0.2) is 64.5 Å². The van der Waals surface area contributed by atoms with Gasteiger partial charge in [-0.1, -0.05) is 54.2 Å². The van der Waals surface area contributed by atoms with E-state index >= 15 is 0 Å². The predicted octanol–water partition coefficient (Wildman–Crippen LogP) is 3.03. The third-order valence-electron chi connectivity index (χ3n) is 3.25. The molecule has 24 heavy (non-hydrogen) atoms. The van der Waals surface area contributed by atoms with Gasteiger partial charge in [0.25, 0.3) is 11.2 Å². The van der Waals surface area contributed by atoms with Crippen LogP contribution < -0.4 is 5.56 Å². The van der Waals surface area contributed by atoms with Gasteiger partial charge in [0.05, 0.1) is 4.92 Å². The van der Waals surface area contributed by atoms with E-state index in [9.17, 15) is 14.9 Å². The van der Waals surface area contributed by atoms with Crippen molar-refractivity contribution in [2.24, 2.45) is 0 Å². The second kappa shape index (κ2) is 7.05. The van der Waals surface area contributed by atoms with Crippen LogP contribution in [0, 0.1) is 10.1 Å². The SMILES string of the molecule is O=c1[nH]c(SCc2ccc([N+](=O)[O-])cc2)nnc1-c1ccccc1. The number of nitro groups is 1. The molecule has 0 atom stereocenters. The molecule has 0 amide bonds. The lowest BCUT2D eigenvalue weighted by Crippen LogP contribution is -2.14. The van der Waals surface area contributed by atoms with E-state index in [0.29, 0.717) is 16.5 Å². The lowest BCUT2D eigenvalue weighted by molar-refractivity contribution is -0.384. The summed E-state index contributed by atoms with van der Waals surface area (Å²) >= 11 is 1.31. The van der Waals surface area contributed by atoms with Gasteiger partial charge in [-0.15, -0.1) is 10.2 Å². The number of hydrogen-bond donors (Lipinski definition) is 1. The van der Waals surface area contributed by atoms with Crippen molar-refractivity contribution in [2.45, 2.75) is 10.9 Å². The molecule has 0 bridgehead atoms. The van der Waals surface area contributed by atoms with E-state index in [1.54, 1.807) is 24.3 Å². The molecule has 0 fully saturated rings. The fraction of sp³-hybridized carbons (Fsp3) is 0.0625. The van der Waals surface area contributed by atoms with E-state index in [-0.39, 0.29) is 16.9 Å². The summed E-state index contributed by atoms with van der Waals surface area (Å²) in [7, 11) is 0. The van der Waals surface area contributed by atoms with Crippen LogP contribution in [-0.2, 0) is 5.75 Å². The molecule has 0 aliphatic heterocycles. The lowest BCUT2D eigenvalue weighted by Gasteiger charge is -2.02. The van der Waals surface area contributed by atoms with E-state index in [1.807, 2.05) is 18.2 Å². The maximum Gasteiger partial charge on any atom is 0.278 e. The Hall–Kier alpha value is -3.00. The highest BCUT2D eigenvalue weighted by Gasteiger charge is 2.08. The largest absolute Gasteiger partial charge is 0.298 e. The van der Waals surface area contributed by atoms with E-state index in [2.05, 4.69) is 15.2 Å². The average Bonchev–Trinajstić information content (AvgIpc) is 2.61. The first-order chi connectivity index (χ1) is 11.6. The van der Waals surface area contributed by atoms with Crippen LogP contribution in [0.1, 0.15) is 5.56 Å². The summed E-state index contributed by atoms with van der Waals surface area (Å²) in [6, 6.07) is 15.3. The van der Waals surface area contributed by atoms with Crippen LogP contribution in [0.25, 0.3) is 11.3 Å². The minimum absolute atomic E-state index is 0.0455. The number of hydrogen-bond acceptors (Lipinski definition) is 6. The van der Waals surface area contributed by atoms with Crippen molar-refractivity contribution < 1.29 is 4.92 Å². The molecule has 0 saturated carbocycles. The first kappa shape index (κ1) is 15.9. The van der Waals surface area contributed by atoms with Gasteiger partial charge in [-0.25, -0.2) is 0 Å². The molecular weight excluding hydrogens is 328 g/mol. The van der Waals surface area contributed by atoms with Crippen LogP contribution in [-0.4, -0.2) is 20.1 Å². The maximum atomic E-state index is 12.1. The van der Waals surface area contributed by atoms with E-state index in [1.165, 1.54) is 23.9 Å². The van der Waals surface area contributed by atoms with Gasteiger partial charge >= 0.3 is 0 Å². The Balaban J connectivity index is 1.71. The number of aromatic nitrogens is 3. The molecule has 1 N–H and O–H groups in total. The number of aromatic amines is 1. The Kier molecular flexibility index (Phi) is 4.66. The maximum absolute atomic E-state index is 12.1. The van der Waals surface area contributed by atoms with Crippen LogP contribution in [0.3, 0.4) is 0 Å². The monoisotopic (exact) mass is 340 g/mol. The number of nitrogens with one attached hydrogen (secondary N) is 1. The summed E-state index contributed by atoms with van der Waals surface area (Å²) in [5, 5.41) is 19.0. The number of benzene rings is 2. The third-order valence-corrected chi connectivity index (χ3v) is 4.18. The molecule has 0 radical (unpaired) electrons. The first-order valence-corrected chi connectivity index (χ1v) is 8.00. The van der Waals surface area contributed by atoms with E-state index in [4.69, 9.17) is 0 Å². The Morgan fingerprint density at radius 3 is 2.38 bits per heavy atom. The van der Waals surface area contributed by atoms with Crippen molar-refractivity contribution in [3.63, 3.8) is 0 Å². The molecule has 0 aliphatic carbocycles. The number of nitrogens with zero attached hydrogens (tertiary/aromatic N) is 3. The molecule has 1 heterocycles. The highest BCUT2D eigenvalue weighted by Crippen LogP contribution is 2.20. The van der Waals surface area contributed by atoms with Gasteiger partial charge in [-0.2, -0.15) is 0 Å². The summed E-state index contributed by atoms with van der Waals surface area (Å²) in [6.45, 7) is 0. The van der Waals surface area contributed by atoms with Gasteiger partial charge in [0.2, 0.25) is 0 Å². The molecule has 7 nitrogen and oxygen atoms in total. The summed E-state index contributed by atoms with van der Waals surface area (Å²) in [5.74, 6) is 0.521. The standard InChI is InChI=1S/C16H12N4O3S/c21-15-14(12-4-2-1-3-5-12)18-19-16(17-15)24-10-11-6-8-13(9-7-11)20(22)23/h1-9H,10H2,(H,17,19,21). The predicted molar refractivity (Wildman–Crippen MR) is 90.7 cm³/mol. The zero-order valence-electron chi connectivity index (χ0n) is 12.4. The normalized spacial score (nSPS) is 10.5. The number of H-pyrrole nitrogens is 1. The highest BCUT2D eigenvalue weighted by atomic mass is 32.2. The zero-order valence-corrected chi connectivity index (χ0v) is 13.2. The first-order valence-electron chi connectivity index (χ1n) is 7.02. The van der Waals surface area contributed by atoms with Gasteiger partial charge < -0.3 is 0 Å². The highest BCUT2D eigenvalue weighted by molar-refractivity contribution is 7.98. The van der Waals surface area contributed by atoms with Crippen LogP contribution >= 0.6 is 11.8 Å². The third kappa shape index (κ3) is 3.66. The second-order valence-corrected chi connectivity index (χ2v) is 5.85. The smallest absolute Gasteiger partial charge is 0.278 e. The molecule has 120 valence electrons. The molecule has 0 spiro atoms. The van der Waals surface area contributed by atoms with Gasteiger partial charge in [-0.3, -0.25) is 19.9 Å². The number of rotatable bonds is 5. The number of non-ortho nitro benzene ring substituents is 1. The zero-order chi connectivity index (χ0) is 16.9. The van der Waals surface area contributed by atoms with Crippen molar-refractivity contribution in [1.29, 1.82) is 0 Å². The Bertz CT molecular complexity index is 911. The number of thioether (sulfide) groups is 1. The quantitative estimate of drug-likeness (QED) is 0.435. The molecule has 3 aromatic rings. The van der Waals surface area contributed by atoms with Crippen molar-refractivity contribution in [2.75, 3.05) is 0 Å². The Morgan fingerprint density at radius 2 is 1.75 bits per heavy atom. The summed E-state index contributed by atoms with van der Waals surface area (Å²) < 4.78 is 0. The second-order valence-electron chi connectivity index (χ2n) is 4.89. The van der Waals surface area contributed by atoms with E-state index < -0.39 is 4.92 Å². The molecule has 0 unspecified atom stereocenters. The molecule has 1 aromatic heterocycles. The Morgan fingerprint density at radius 1 is 1.04 bits per heavy atom. The average molecular weight is 340 g/mol.